The lowest BCUT2D eigenvalue weighted by Gasteiger charge is -2.11. The average molecular weight is 183 g/mol. The first-order valence-electron chi connectivity index (χ1n) is 3.92. The smallest absolute Gasteiger partial charge is 0.241 e. The van der Waals surface area contributed by atoms with Crippen molar-refractivity contribution in [2.75, 3.05) is 18.1 Å². The highest BCUT2D eigenvalue weighted by molar-refractivity contribution is 5.84. The predicted octanol–water partition coefficient (Wildman–Crippen LogP) is -0.462. The highest BCUT2D eigenvalue weighted by Crippen LogP contribution is 2.13. The molecule has 6 heteroatoms. The molecule has 0 bridgehead atoms. The van der Waals surface area contributed by atoms with Gasteiger partial charge in [0.1, 0.15) is 11.9 Å². The molecular weight excluding hydrogens is 170 g/mol. The summed E-state index contributed by atoms with van der Waals surface area (Å²) in [4.78, 5) is 11.1. The van der Waals surface area contributed by atoms with E-state index < -0.39 is 0 Å². The summed E-state index contributed by atoms with van der Waals surface area (Å²) in [6.07, 6.45) is 1.54. The van der Waals surface area contributed by atoms with Crippen LogP contribution in [0.2, 0.25) is 0 Å². The molecule has 0 saturated carbocycles. The third kappa shape index (κ3) is 2.11. The van der Waals surface area contributed by atoms with E-state index in [1.54, 1.807) is 14.0 Å². The van der Waals surface area contributed by atoms with E-state index in [1.165, 1.54) is 6.20 Å². The minimum atomic E-state index is -0.329. The number of hydrogen-bond donors (Lipinski definition) is 4. The van der Waals surface area contributed by atoms with Crippen LogP contribution in [0, 0.1) is 0 Å². The summed E-state index contributed by atoms with van der Waals surface area (Å²) in [6.45, 7) is 1.74. The first-order chi connectivity index (χ1) is 6.15. The third-order valence-electron chi connectivity index (χ3n) is 1.68. The number of H-pyrrole nitrogens is 1. The van der Waals surface area contributed by atoms with Gasteiger partial charge in [-0.15, -0.1) is 0 Å². The van der Waals surface area contributed by atoms with Crippen molar-refractivity contribution >= 4 is 17.4 Å². The number of carbonyl (C=O) groups excluding carboxylic acids is 1. The van der Waals surface area contributed by atoms with Crippen LogP contribution in [0.5, 0.6) is 0 Å². The van der Waals surface area contributed by atoms with Crippen molar-refractivity contribution in [3.05, 3.63) is 6.20 Å². The van der Waals surface area contributed by atoms with Gasteiger partial charge in [0.2, 0.25) is 5.91 Å². The lowest BCUT2D eigenvalue weighted by atomic mass is 10.3. The number of aromatic nitrogens is 2. The van der Waals surface area contributed by atoms with Gasteiger partial charge in [-0.1, -0.05) is 0 Å². The Morgan fingerprint density at radius 2 is 2.46 bits per heavy atom. The predicted molar refractivity (Wildman–Crippen MR) is 50.2 cm³/mol. The Morgan fingerprint density at radius 1 is 1.77 bits per heavy atom. The molecule has 13 heavy (non-hydrogen) atoms. The molecule has 6 nitrogen and oxygen atoms in total. The number of carbonyl (C=O) groups is 1. The maximum atomic E-state index is 11.1. The van der Waals surface area contributed by atoms with Gasteiger partial charge in [-0.05, 0) is 6.92 Å². The van der Waals surface area contributed by atoms with E-state index in [-0.39, 0.29) is 11.9 Å². The summed E-state index contributed by atoms with van der Waals surface area (Å²) >= 11 is 0. The lowest BCUT2D eigenvalue weighted by Crippen LogP contribution is -2.35. The number of hydrogen-bond acceptors (Lipinski definition) is 4. The zero-order valence-corrected chi connectivity index (χ0v) is 7.59. The number of anilines is 2. The number of nitrogens with one attached hydrogen (secondary N) is 3. The molecule has 1 amide bonds. The zero-order chi connectivity index (χ0) is 9.84. The highest BCUT2D eigenvalue weighted by Gasteiger charge is 2.12. The molecule has 72 valence electrons. The summed E-state index contributed by atoms with van der Waals surface area (Å²) in [7, 11) is 1.58. The fraction of sp³-hybridized carbons (Fsp3) is 0.429. The quantitative estimate of drug-likeness (QED) is 0.509. The Kier molecular flexibility index (Phi) is 2.73. The monoisotopic (exact) mass is 183 g/mol. The summed E-state index contributed by atoms with van der Waals surface area (Å²) < 4.78 is 0. The molecule has 0 aliphatic heterocycles. The molecule has 0 aliphatic carbocycles. The number of amides is 1. The summed E-state index contributed by atoms with van der Waals surface area (Å²) in [5.74, 6) is 0.330. The van der Waals surface area contributed by atoms with Gasteiger partial charge in [0, 0.05) is 7.05 Å². The van der Waals surface area contributed by atoms with Crippen molar-refractivity contribution < 1.29 is 4.79 Å². The number of rotatable bonds is 3. The molecule has 0 radical (unpaired) electrons. The molecular formula is C7H13N5O. The van der Waals surface area contributed by atoms with E-state index >= 15 is 0 Å². The van der Waals surface area contributed by atoms with Crippen LogP contribution in [0.15, 0.2) is 6.20 Å². The molecule has 1 unspecified atom stereocenters. The summed E-state index contributed by atoms with van der Waals surface area (Å²) in [5, 5.41) is 11.7. The van der Waals surface area contributed by atoms with E-state index in [1.807, 2.05) is 0 Å². The van der Waals surface area contributed by atoms with Gasteiger partial charge in [0.25, 0.3) is 0 Å². The molecule has 1 aromatic heterocycles. The molecule has 0 aromatic carbocycles. The van der Waals surface area contributed by atoms with Gasteiger partial charge in [0.15, 0.2) is 0 Å². The molecule has 1 atom stereocenters. The Balaban J connectivity index is 2.59. The maximum Gasteiger partial charge on any atom is 0.241 e. The van der Waals surface area contributed by atoms with Crippen LogP contribution < -0.4 is 16.4 Å². The van der Waals surface area contributed by atoms with E-state index in [9.17, 15) is 4.79 Å². The van der Waals surface area contributed by atoms with Crippen LogP contribution in [-0.2, 0) is 4.79 Å². The molecule has 0 spiro atoms. The number of aromatic amines is 1. The normalized spacial score (nSPS) is 12.2. The van der Waals surface area contributed by atoms with Gasteiger partial charge in [-0.25, -0.2) is 0 Å². The molecule has 0 saturated heterocycles. The third-order valence-corrected chi connectivity index (χ3v) is 1.68. The molecule has 5 N–H and O–H groups in total. The first kappa shape index (κ1) is 9.37. The van der Waals surface area contributed by atoms with Crippen molar-refractivity contribution in [3.8, 4) is 0 Å². The highest BCUT2D eigenvalue weighted by atomic mass is 16.2. The zero-order valence-electron chi connectivity index (χ0n) is 7.59. The SMILES string of the molecule is CNC(=O)C(C)Nc1cn[nH]c1N. The van der Waals surface area contributed by atoms with Crippen LogP contribution in [-0.4, -0.2) is 29.2 Å². The van der Waals surface area contributed by atoms with Crippen molar-refractivity contribution in [2.24, 2.45) is 0 Å². The largest absolute Gasteiger partial charge is 0.382 e. The second-order valence-electron chi connectivity index (χ2n) is 2.68. The number of likely N-dealkylation sites (N-methyl/N-ethyl adjacent to an activating group) is 1. The first-order valence-corrected chi connectivity index (χ1v) is 3.92. The molecule has 1 rings (SSSR count). The molecule has 1 heterocycles. The van der Waals surface area contributed by atoms with E-state index in [0.717, 1.165) is 0 Å². The minimum absolute atomic E-state index is 0.0967. The molecule has 1 aromatic rings. The van der Waals surface area contributed by atoms with Crippen LogP contribution in [0.4, 0.5) is 11.5 Å². The fourth-order valence-corrected chi connectivity index (χ4v) is 0.926. The Morgan fingerprint density at radius 3 is 2.92 bits per heavy atom. The van der Waals surface area contributed by atoms with Crippen molar-refractivity contribution in [2.45, 2.75) is 13.0 Å². The molecule has 0 aliphatic rings. The second-order valence-corrected chi connectivity index (χ2v) is 2.68. The Bertz CT molecular complexity index is 295. The summed E-state index contributed by atoms with van der Waals surface area (Å²) in [5.41, 5.74) is 6.15. The fourth-order valence-electron chi connectivity index (χ4n) is 0.926. The van der Waals surface area contributed by atoms with Crippen molar-refractivity contribution in [1.29, 1.82) is 0 Å². The van der Waals surface area contributed by atoms with Crippen LogP contribution >= 0.6 is 0 Å². The standard InChI is InChI=1S/C7H13N5O/c1-4(7(13)9-2)11-5-3-10-12-6(5)8/h3-4,11H,1-2H3,(H,9,13)(H3,8,10,12). The van der Waals surface area contributed by atoms with Gasteiger partial charge in [-0.2, -0.15) is 5.10 Å². The van der Waals surface area contributed by atoms with E-state index in [4.69, 9.17) is 5.73 Å². The van der Waals surface area contributed by atoms with E-state index in [0.29, 0.717) is 11.5 Å². The lowest BCUT2D eigenvalue weighted by molar-refractivity contribution is -0.121. The maximum absolute atomic E-state index is 11.1. The van der Waals surface area contributed by atoms with Crippen LogP contribution in [0.3, 0.4) is 0 Å². The number of nitrogens with zero attached hydrogens (tertiary/aromatic N) is 1. The van der Waals surface area contributed by atoms with Gasteiger partial charge >= 0.3 is 0 Å². The van der Waals surface area contributed by atoms with Crippen LogP contribution in [0.25, 0.3) is 0 Å². The van der Waals surface area contributed by atoms with Crippen molar-refractivity contribution in [3.63, 3.8) is 0 Å². The summed E-state index contributed by atoms with van der Waals surface area (Å²) in [6, 6.07) is -0.329. The topological polar surface area (TPSA) is 95.8 Å². The number of nitrogen functional groups attached to an aromatic ring is 1. The second kappa shape index (κ2) is 3.79. The average Bonchev–Trinajstić information content (AvgIpc) is 2.50. The van der Waals surface area contributed by atoms with Crippen molar-refractivity contribution in [1.82, 2.24) is 15.5 Å². The van der Waals surface area contributed by atoms with Crippen LogP contribution in [0.1, 0.15) is 6.92 Å². The Hall–Kier alpha value is -1.72. The van der Waals surface area contributed by atoms with E-state index in [2.05, 4.69) is 20.8 Å². The molecule has 0 fully saturated rings. The Labute approximate surface area is 75.9 Å². The van der Waals surface area contributed by atoms with Gasteiger partial charge < -0.3 is 16.4 Å². The van der Waals surface area contributed by atoms with Gasteiger partial charge in [-0.3, -0.25) is 9.89 Å². The van der Waals surface area contributed by atoms with Gasteiger partial charge in [0.05, 0.1) is 11.9 Å². The number of nitrogens with two attached hydrogens (primary N) is 1. The minimum Gasteiger partial charge on any atom is -0.382 e.